The summed E-state index contributed by atoms with van der Waals surface area (Å²) in [6.07, 6.45) is -3.75. The van der Waals surface area contributed by atoms with Gasteiger partial charge in [0.25, 0.3) is 5.91 Å². The van der Waals surface area contributed by atoms with Crippen LogP contribution in [0.4, 0.5) is 23.2 Å². The van der Waals surface area contributed by atoms with E-state index in [2.05, 4.69) is 21.1 Å². The van der Waals surface area contributed by atoms with Crippen LogP contribution in [0.1, 0.15) is 80.3 Å². The van der Waals surface area contributed by atoms with Gasteiger partial charge >= 0.3 is 12.3 Å². The number of nitrogens with one attached hydrogen (secondary N) is 2. The fourth-order valence-electron chi connectivity index (χ4n) is 4.58. The number of esters is 1. The number of amides is 2. The fourth-order valence-corrected chi connectivity index (χ4v) is 4.74. The van der Waals surface area contributed by atoms with Gasteiger partial charge < -0.3 is 25.8 Å². The van der Waals surface area contributed by atoms with Gasteiger partial charge in [0.15, 0.2) is 0 Å². The van der Waals surface area contributed by atoms with E-state index < -0.39 is 47.5 Å². The van der Waals surface area contributed by atoms with E-state index in [1.54, 1.807) is 31.2 Å². The number of halogens is 5. The van der Waals surface area contributed by atoms with Crippen molar-refractivity contribution in [1.82, 2.24) is 5.32 Å². The minimum absolute atomic E-state index is 0.0219. The van der Waals surface area contributed by atoms with Crippen molar-refractivity contribution in [2.45, 2.75) is 65.2 Å². The van der Waals surface area contributed by atoms with Crippen molar-refractivity contribution in [2.75, 3.05) is 25.5 Å². The van der Waals surface area contributed by atoms with Crippen molar-refractivity contribution < 1.29 is 41.4 Å². The van der Waals surface area contributed by atoms with Crippen LogP contribution in [0.3, 0.4) is 0 Å². The molecule has 0 aliphatic heterocycles. The first-order valence-electron chi connectivity index (χ1n) is 15.1. The number of carbonyl (C=O) groups excluding carboxylic acids is 3. The monoisotopic (exact) mass is 683 g/mol. The predicted molar refractivity (Wildman–Crippen MR) is 175 cm³/mol. The van der Waals surface area contributed by atoms with Crippen LogP contribution >= 0.6 is 11.6 Å². The van der Waals surface area contributed by atoms with Crippen molar-refractivity contribution in [1.29, 1.82) is 0 Å². The lowest BCUT2D eigenvalue weighted by Gasteiger charge is -2.28. The molecule has 3 aromatic carbocycles. The smallest absolute Gasteiger partial charge is 0.466 e. The Balaban J connectivity index is 0.00000265. The Morgan fingerprint density at radius 1 is 0.915 bits per heavy atom. The standard InChI is InChI=1S/C31H31ClF4N2O5.C2H6.CH5N/c1-3-5-24(19-6-8-21(9-7-19)29(40)37-17-16-27(39)42-4-2)28(20-10-13-23(14-11-20)43-31(34,35)36)30(41)38-26-15-12-22(32)18-25(26)33;2*1-2/h6-15,18,24,28H,3-5,16-17H2,1-2H3,(H,37,40)(H,38,41);1-2H3;2H2,1H3. The summed E-state index contributed by atoms with van der Waals surface area (Å²) in [7, 11) is 1.50. The molecule has 3 aromatic rings. The maximum atomic E-state index is 14.6. The van der Waals surface area contributed by atoms with Gasteiger partial charge in [-0.25, -0.2) is 4.39 Å². The maximum absolute atomic E-state index is 14.6. The Morgan fingerprint density at radius 2 is 1.51 bits per heavy atom. The third-order valence-corrected chi connectivity index (χ3v) is 6.70. The van der Waals surface area contributed by atoms with Gasteiger partial charge in [0.05, 0.1) is 24.6 Å². The van der Waals surface area contributed by atoms with Gasteiger partial charge in [0.1, 0.15) is 11.6 Å². The SMILES string of the molecule is CC.CCCC(c1ccc(C(=O)NCCC(=O)OCC)cc1)C(C(=O)Nc1ccc(Cl)cc1F)c1ccc(OC(F)(F)F)cc1.CN. The number of nitrogens with two attached hydrogens (primary N) is 1. The van der Waals surface area contributed by atoms with Crippen molar-refractivity contribution in [3.8, 4) is 5.75 Å². The highest BCUT2D eigenvalue weighted by Gasteiger charge is 2.33. The predicted octanol–water partition coefficient (Wildman–Crippen LogP) is 7.97. The summed E-state index contributed by atoms with van der Waals surface area (Å²) in [6, 6.07) is 15.2. The second-order valence-electron chi connectivity index (χ2n) is 9.54. The zero-order chi connectivity index (χ0) is 35.6. The second-order valence-corrected chi connectivity index (χ2v) is 9.97. The Morgan fingerprint density at radius 3 is 2.04 bits per heavy atom. The first-order chi connectivity index (χ1) is 22.4. The Bertz CT molecular complexity index is 1400. The maximum Gasteiger partial charge on any atom is 0.573 e. The molecule has 3 rings (SSSR count). The minimum Gasteiger partial charge on any atom is -0.466 e. The summed E-state index contributed by atoms with van der Waals surface area (Å²) >= 11 is 5.84. The number of carbonyl (C=O) groups is 3. The number of hydrogen-bond donors (Lipinski definition) is 3. The average Bonchev–Trinajstić information content (AvgIpc) is 3.04. The van der Waals surface area contributed by atoms with Crippen LogP contribution in [0.25, 0.3) is 0 Å². The molecule has 0 radical (unpaired) electrons. The molecule has 47 heavy (non-hydrogen) atoms. The normalized spacial score (nSPS) is 11.8. The summed E-state index contributed by atoms with van der Waals surface area (Å²) in [5, 5.41) is 5.37. The summed E-state index contributed by atoms with van der Waals surface area (Å²) in [4.78, 5) is 37.8. The molecule has 13 heteroatoms. The average molecular weight is 684 g/mol. The second kappa shape index (κ2) is 20.9. The molecule has 258 valence electrons. The Labute approximate surface area is 278 Å². The third-order valence-electron chi connectivity index (χ3n) is 6.47. The summed E-state index contributed by atoms with van der Waals surface area (Å²) < 4.78 is 61.6. The number of alkyl halides is 3. The molecule has 4 N–H and O–H groups in total. The molecule has 0 fully saturated rings. The van der Waals surface area contributed by atoms with Gasteiger partial charge in [-0.3, -0.25) is 14.4 Å². The Hall–Kier alpha value is -4.16. The van der Waals surface area contributed by atoms with Crippen LogP contribution in [-0.2, 0) is 14.3 Å². The molecule has 0 aliphatic carbocycles. The molecule has 2 atom stereocenters. The minimum atomic E-state index is -4.89. The highest BCUT2D eigenvalue weighted by atomic mass is 35.5. The van der Waals surface area contributed by atoms with E-state index in [9.17, 15) is 31.9 Å². The van der Waals surface area contributed by atoms with E-state index in [1.807, 2.05) is 20.8 Å². The number of ether oxygens (including phenoxy) is 2. The molecule has 0 saturated carbocycles. The quantitative estimate of drug-likeness (QED) is 0.124. The first-order valence-corrected chi connectivity index (χ1v) is 15.5. The van der Waals surface area contributed by atoms with Crippen molar-refractivity contribution >= 4 is 35.1 Å². The molecule has 0 aromatic heterocycles. The van der Waals surface area contributed by atoms with Crippen molar-refractivity contribution in [3.63, 3.8) is 0 Å². The van der Waals surface area contributed by atoms with Crippen LogP contribution in [0, 0.1) is 5.82 Å². The topological polar surface area (TPSA) is 120 Å². The first kappa shape index (κ1) is 40.9. The summed E-state index contributed by atoms with van der Waals surface area (Å²) in [5.41, 5.74) is 5.76. The lowest BCUT2D eigenvalue weighted by molar-refractivity contribution is -0.274. The summed E-state index contributed by atoms with van der Waals surface area (Å²) in [5.74, 6) is -4.10. The van der Waals surface area contributed by atoms with E-state index in [1.165, 1.54) is 31.3 Å². The number of anilines is 1. The van der Waals surface area contributed by atoms with Gasteiger partial charge in [-0.2, -0.15) is 0 Å². The van der Waals surface area contributed by atoms with Gasteiger partial charge in [-0.15, -0.1) is 13.2 Å². The van der Waals surface area contributed by atoms with E-state index in [4.69, 9.17) is 16.3 Å². The molecule has 0 saturated heterocycles. The third kappa shape index (κ3) is 13.6. The van der Waals surface area contributed by atoms with Crippen LogP contribution in [0.5, 0.6) is 5.75 Å². The number of benzene rings is 3. The van der Waals surface area contributed by atoms with Gasteiger partial charge in [-0.05, 0) is 79.9 Å². The molecule has 0 aliphatic rings. The van der Waals surface area contributed by atoms with Gasteiger partial charge in [0.2, 0.25) is 5.91 Å². The molecule has 0 bridgehead atoms. The molecule has 2 amide bonds. The number of rotatable bonds is 13. The van der Waals surface area contributed by atoms with Crippen LogP contribution in [-0.4, -0.2) is 44.3 Å². The molecule has 0 spiro atoms. The highest BCUT2D eigenvalue weighted by Crippen LogP contribution is 2.39. The zero-order valence-corrected chi connectivity index (χ0v) is 27.8. The van der Waals surface area contributed by atoms with Crippen LogP contribution in [0.15, 0.2) is 66.7 Å². The van der Waals surface area contributed by atoms with E-state index >= 15 is 0 Å². The van der Waals surface area contributed by atoms with E-state index in [0.29, 0.717) is 29.5 Å². The van der Waals surface area contributed by atoms with Crippen LogP contribution in [0.2, 0.25) is 5.02 Å². The van der Waals surface area contributed by atoms with Crippen molar-refractivity contribution in [2.24, 2.45) is 5.73 Å². The lowest BCUT2D eigenvalue weighted by Crippen LogP contribution is -2.28. The largest absolute Gasteiger partial charge is 0.573 e. The number of hydrogen-bond acceptors (Lipinski definition) is 6. The van der Waals surface area contributed by atoms with Gasteiger partial charge in [-0.1, -0.05) is 63.1 Å². The highest BCUT2D eigenvalue weighted by molar-refractivity contribution is 6.30. The fraction of sp³-hybridized carbons (Fsp3) is 0.382. The molecule has 0 heterocycles. The lowest BCUT2D eigenvalue weighted by atomic mass is 9.78. The van der Waals surface area contributed by atoms with E-state index in [-0.39, 0.29) is 30.3 Å². The molecule has 8 nitrogen and oxygen atoms in total. The molecular weight excluding hydrogens is 642 g/mol. The van der Waals surface area contributed by atoms with E-state index in [0.717, 1.165) is 18.2 Å². The Kier molecular flexibility index (Phi) is 18.1. The van der Waals surface area contributed by atoms with Crippen molar-refractivity contribution in [3.05, 3.63) is 94.3 Å². The van der Waals surface area contributed by atoms with Gasteiger partial charge in [0, 0.05) is 17.1 Å². The van der Waals surface area contributed by atoms with Crippen LogP contribution < -0.4 is 21.1 Å². The molecular formula is C34H42ClF4N3O5. The molecule has 2 unspecified atom stereocenters. The summed E-state index contributed by atoms with van der Waals surface area (Å²) in [6.45, 7) is 7.93. The zero-order valence-electron chi connectivity index (χ0n) is 27.0.